The minimum atomic E-state index is -0.155. The van der Waals surface area contributed by atoms with Crippen molar-refractivity contribution in [1.82, 2.24) is 4.98 Å². The van der Waals surface area contributed by atoms with E-state index < -0.39 is 0 Å². The Morgan fingerprint density at radius 1 is 1.28 bits per heavy atom. The van der Waals surface area contributed by atoms with E-state index in [1.54, 1.807) is 12.4 Å². The van der Waals surface area contributed by atoms with Crippen molar-refractivity contribution in [3.05, 3.63) is 58.3 Å². The van der Waals surface area contributed by atoms with Crippen LogP contribution in [-0.4, -0.2) is 16.7 Å². The Morgan fingerprint density at radius 3 is 2.61 bits per heavy atom. The van der Waals surface area contributed by atoms with Crippen LogP contribution in [0.3, 0.4) is 0 Å². The average Bonchev–Trinajstić information content (AvgIpc) is 2.38. The minimum absolute atomic E-state index is 0.0199. The van der Waals surface area contributed by atoms with Gasteiger partial charge in [-0.3, -0.25) is 4.98 Å². The second kappa shape index (κ2) is 5.98. The molecule has 94 valence electrons. The maximum absolute atomic E-state index is 9.48. The van der Waals surface area contributed by atoms with Crippen LogP contribution in [0.2, 0.25) is 0 Å². The summed E-state index contributed by atoms with van der Waals surface area (Å²) in [6.07, 6.45) is 3.48. The summed E-state index contributed by atoms with van der Waals surface area (Å²) in [4.78, 5) is 4.11. The normalized spacial score (nSPS) is 12.2. The van der Waals surface area contributed by atoms with Crippen LogP contribution in [-0.2, 0) is 0 Å². The van der Waals surface area contributed by atoms with E-state index in [4.69, 9.17) is 0 Å². The van der Waals surface area contributed by atoms with Gasteiger partial charge in [0.2, 0.25) is 0 Å². The molecule has 0 aliphatic heterocycles. The number of hydrogen-bond donors (Lipinski definition) is 2. The number of aliphatic hydroxyl groups is 1. The minimum Gasteiger partial charge on any atom is -0.394 e. The summed E-state index contributed by atoms with van der Waals surface area (Å²) in [6, 6.07) is 9.88. The molecule has 0 saturated heterocycles. The molecule has 2 rings (SSSR count). The lowest BCUT2D eigenvalue weighted by atomic mass is 10.1. The number of aliphatic hydroxyl groups excluding tert-OH is 1. The van der Waals surface area contributed by atoms with Crippen molar-refractivity contribution in [1.29, 1.82) is 0 Å². The second-order valence-corrected chi connectivity index (χ2v) is 5.10. The summed E-state index contributed by atoms with van der Waals surface area (Å²) in [6.45, 7) is 2.07. The van der Waals surface area contributed by atoms with Crippen LogP contribution >= 0.6 is 15.9 Å². The quantitative estimate of drug-likeness (QED) is 0.911. The van der Waals surface area contributed by atoms with Gasteiger partial charge in [-0.2, -0.15) is 0 Å². The van der Waals surface area contributed by atoms with Crippen molar-refractivity contribution in [3.8, 4) is 0 Å². The summed E-state index contributed by atoms with van der Waals surface area (Å²) >= 11 is 3.38. The Labute approximate surface area is 115 Å². The van der Waals surface area contributed by atoms with Crippen molar-refractivity contribution in [2.45, 2.75) is 13.0 Å². The molecule has 1 atom stereocenters. The number of rotatable bonds is 4. The first kappa shape index (κ1) is 13.1. The molecule has 0 aliphatic rings. The number of halogens is 1. The monoisotopic (exact) mass is 306 g/mol. The van der Waals surface area contributed by atoms with E-state index in [9.17, 15) is 5.11 Å². The van der Waals surface area contributed by atoms with E-state index in [1.807, 2.05) is 37.3 Å². The average molecular weight is 307 g/mol. The lowest BCUT2D eigenvalue weighted by molar-refractivity contribution is 0.276. The molecule has 1 aromatic carbocycles. The molecular formula is C14H15BrN2O. The predicted octanol–water partition coefficient (Wildman–Crippen LogP) is 3.30. The molecule has 1 aromatic heterocycles. The third-order valence-corrected chi connectivity index (χ3v) is 3.14. The highest BCUT2D eigenvalue weighted by Gasteiger charge is 2.10. The van der Waals surface area contributed by atoms with Gasteiger partial charge >= 0.3 is 0 Å². The van der Waals surface area contributed by atoms with Crippen LogP contribution in [0.4, 0.5) is 5.69 Å². The van der Waals surface area contributed by atoms with Crippen molar-refractivity contribution in [2.24, 2.45) is 0 Å². The van der Waals surface area contributed by atoms with Crippen LogP contribution in [0.1, 0.15) is 17.2 Å². The van der Waals surface area contributed by atoms with E-state index in [0.717, 1.165) is 15.7 Å². The zero-order valence-corrected chi connectivity index (χ0v) is 11.7. The number of nitrogens with one attached hydrogen (secondary N) is 1. The highest BCUT2D eigenvalue weighted by molar-refractivity contribution is 9.10. The van der Waals surface area contributed by atoms with Gasteiger partial charge in [0.1, 0.15) is 0 Å². The highest BCUT2D eigenvalue weighted by Crippen LogP contribution is 2.21. The van der Waals surface area contributed by atoms with E-state index in [2.05, 4.69) is 26.2 Å². The molecule has 1 unspecified atom stereocenters. The maximum Gasteiger partial charge on any atom is 0.0760 e. The number of hydrogen-bond acceptors (Lipinski definition) is 3. The van der Waals surface area contributed by atoms with Crippen LogP contribution in [0.15, 0.2) is 47.2 Å². The third-order valence-electron chi connectivity index (χ3n) is 2.70. The SMILES string of the molecule is Cc1ccc(NC(CO)c2cncc(Br)c2)cc1. The molecular weight excluding hydrogens is 292 g/mol. The third kappa shape index (κ3) is 3.31. The van der Waals surface area contributed by atoms with Gasteiger partial charge in [-0.05, 0) is 46.6 Å². The zero-order chi connectivity index (χ0) is 13.0. The predicted molar refractivity (Wildman–Crippen MR) is 76.6 cm³/mol. The molecule has 1 heterocycles. The van der Waals surface area contributed by atoms with E-state index in [1.165, 1.54) is 5.56 Å². The van der Waals surface area contributed by atoms with Gasteiger partial charge in [-0.1, -0.05) is 17.7 Å². The van der Waals surface area contributed by atoms with E-state index in [-0.39, 0.29) is 12.6 Å². The molecule has 0 spiro atoms. The number of anilines is 1. The Bertz CT molecular complexity index is 513. The molecule has 0 saturated carbocycles. The molecule has 18 heavy (non-hydrogen) atoms. The van der Waals surface area contributed by atoms with Crippen LogP contribution < -0.4 is 5.32 Å². The molecule has 4 heteroatoms. The van der Waals surface area contributed by atoms with Gasteiger partial charge < -0.3 is 10.4 Å². The number of benzene rings is 1. The standard InChI is InChI=1S/C14H15BrN2O/c1-10-2-4-13(5-3-10)17-14(9-18)11-6-12(15)8-16-7-11/h2-8,14,17-18H,9H2,1H3. The first-order valence-electron chi connectivity index (χ1n) is 5.73. The van der Waals surface area contributed by atoms with Gasteiger partial charge in [0.25, 0.3) is 0 Å². The van der Waals surface area contributed by atoms with Gasteiger partial charge in [0.15, 0.2) is 0 Å². The fourth-order valence-electron chi connectivity index (χ4n) is 1.70. The Balaban J connectivity index is 2.17. The molecule has 3 nitrogen and oxygen atoms in total. The Hall–Kier alpha value is -1.39. The zero-order valence-electron chi connectivity index (χ0n) is 10.1. The number of aromatic nitrogens is 1. The van der Waals surface area contributed by atoms with Crippen LogP contribution in [0.25, 0.3) is 0 Å². The van der Waals surface area contributed by atoms with Gasteiger partial charge in [0.05, 0.1) is 12.6 Å². The summed E-state index contributed by atoms with van der Waals surface area (Å²) < 4.78 is 0.907. The first-order valence-corrected chi connectivity index (χ1v) is 6.53. The van der Waals surface area contributed by atoms with Gasteiger partial charge in [-0.15, -0.1) is 0 Å². The molecule has 2 aromatic rings. The first-order chi connectivity index (χ1) is 8.69. The smallest absolute Gasteiger partial charge is 0.0760 e. The molecule has 0 fully saturated rings. The summed E-state index contributed by atoms with van der Waals surface area (Å²) in [5.74, 6) is 0. The fourth-order valence-corrected chi connectivity index (χ4v) is 2.09. The van der Waals surface area contributed by atoms with Gasteiger partial charge in [-0.25, -0.2) is 0 Å². The van der Waals surface area contributed by atoms with Crippen LogP contribution in [0.5, 0.6) is 0 Å². The fraction of sp³-hybridized carbons (Fsp3) is 0.214. The lowest BCUT2D eigenvalue weighted by Crippen LogP contribution is -2.15. The number of nitrogens with zero attached hydrogens (tertiary/aromatic N) is 1. The van der Waals surface area contributed by atoms with Crippen molar-refractivity contribution in [2.75, 3.05) is 11.9 Å². The number of aryl methyl sites for hydroxylation is 1. The van der Waals surface area contributed by atoms with Crippen molar-refractivity contribution < 1.29 is 5.11 Å². The topological polar surface area (TPSA) is 45.1 Å². The summed E-state index contributed by atoms with van der Waals surface area (Å²) in [7, 11) is 0. The van der Waals surface area contributed by atoms with Crippen LogP contribution in [0, 0.1) is 6.92 Å². The molecule has 2 N–H and O–H groups in total. The molecule has 0 aliphatic carbocycles. The second-order valence-electron chi connectivity index (χ2n) is 4.18. The summed E-state index contributed by atoms with van der Waals surface area (Å²) in [5, 5.41) is 12.8. The van der Waals surface area contributed by atoms with Crippen molar-refractivity contribution >= 4 is 21.6 Å². The molecule has 0 amide bonds. The maximum atomic E-state index is 9.48. The Morgan fingerprint density at radius 2 is 2.00 bits per heavy atom. The Kier molecular flexibility index (Phi) is 4.33. The summed E-state index contributed by atoms with van der Waals surface area (Å²) in [5.41, 5.74) is 3.15. The van der Waals surface area contributed by atoms with Gasteiger partial charge in [0, 0.05) is 22.6 Å². The van der Waals surface area contributed by atoms with E-state index in [0.29, 0.717) is 0 Å². The van der Waals surface area contributed by atoms with E-state index >= 15 is 0 Å². The number of pyridine rings is 1. The molecule has 0 radical (unpaired) electrons. The lowest BCUT2D eigenvalue weighted by Gasteiger charge is -2.18. The largest absolute Gasteiger partial charge is 0.394 e. The highest BCUT2D eigenvalue weighted by atomic mass is 79.9. The van der Waals surface area contributed by atoms with Crippen molar-refractivity contribution in [3.63, 3.8) is 0 Å². The molecule has 0 bridgehead atoms.